The minimum atomic E-state index is -0.611. The number of carbonyl (C=O) groups excluding carboxylic acids is 2. The summed E-state index contributed by atoms with van der Waals surface area (Å²) in [7, 11) is 0. The maximum absolute atomic E-state index is 13.7. The van der Waals surface area contributed by atoms with Crippen molar-refractivity contribution < 1.29 is 14.0 Å². The summed E-state index contributed by atoms with van der Waals surface area (Å²) in [6.45, 7) is 3.70. The molecule has 0 saturated heterocycles. The van der Waals surface area contributed by atoms with Crippen molar-refractivity contribution in [1.82, 2.24) is 25.5 Å². The van der Waals surface area contributed by atoms with Crippen LogP contribution in [0.15, 0.2) is 42.1 Å². The lowest BCUT2D eigenvalue weighted by atomic mass is 10.1. The van der Waals surface area contributed by atoms with Gasteiger partial charge in [0, 0.05) is 13.0 Å². The molecule has 0 unspecified atom stereocenters. The van der Waals surface area contributed by atoms with Gasteiger partial charge in [-0.25, -0.2) is 13.9 Å². The highest BCUT2D eigenvalue weighted by molar-refractivity contribution is 7.99. The van der Waals surface area contributed by atoms with E-state index in [1.165, 1.54) is 16.8 Å². The highest BCUT2D eigenvalue weighted by Crippen LogP contribution is 2.17. The molecular formula is C15H17FN6O2S. The molecule has 0 spiro atoms. The number of aromatic nitrogens is 3. The second-order valence-electron chi connectivity index (χ2n) is 4.87. The zero-order chi connectivity index (χ0) is 18.2. The van der Waals surface area contributed by atoms with Crippen LogP contribution in [0.5, 0.6) is 0 Å². The molecule has 132 valence electrons. The number of benzene rings is 1. The van der Waals surface area contributed by atoms with Gasteiger partial charge in [0.2, 0.25) is 11.1 Å². The monoisotopic (exact) mass is 364 g/mol. The van der Waals surface area contributed by atoms with Crippen LogP contribution >= 0.6 is 11.8 Å². The minimum Gasteiger partial charge on any atom is -0.336 e. The zero-order valence-electron chi connectivity index (χ0n) is 13.2. The van der Waals surface area contributed by atoms with E-state index in [9.17, 15) is 14.0 Å². The van der Waals surface area contributed by atoms with Gasteiger partial charge in [-0.1, -0.05) is 36.0 Å². The third-order valence-corrected chi connectivity index (χ3v) is 3.98. The third-order valence-electron chi connectivity index (χ3n) is 3.03. The number of hydrogen-bond acceptors (Lipinski definition) is 6. The summed E-state index contributed by atoms with van der Waals surface area (Å²) in [6, 6.07) is 5.68. The molecule has 0 aliphatic rings. The van der Waals surface area contributed by atoms with Crippen molar-refractivity contribution in [2.45, 2.75) is 11.6 Å². The lowest BCUT2D eigenvalue weighted by Gasteiger charge is -2.05. The van der Waals surface area contributed by atoms with Crippen LogP contribution in [0.1, 0.15) is 11.4 Å². The number of rotatable bonds is 7. The molecular weight excluding hydrogens is 347 g/mol. The molecule has 4 N–H and O–H groups in total. The fourth-order valence-corrected chi connectivity index (χ4v) is 2.52. The van der Waals surface area contributed by atoms with E-state index in [1.54, 1.807) is 18.2 Å². The van der Waals surface area contributed by atoms with Crippen molar-refractivity contribution in [2.75, 3.05) is 18.1 Å². The molecule has 2 rings (SSSR count). The molecule has 25 heavy (non-hydrogen) atoms. The van der Waals surface area contributed by atoms with Gasteiger partial charge >= 0.3 is 6.03 Å². The largest absolute Gasteiger partial charge is 0.336 e. The van der Waals surface area contributed by atoms with Gasteiger partial charge in [0.1, 0.15) is 5.82 Å². The van der Waals surface area contributed by atoms with E-state index < -0.39 is 11.9 Å². The van der Waals surface area contributed by atoms with Gasteiger partial charge in [-0.05, 0) is 11.6 Å². The van der Waals surface area contributed by atoms with Gasteiger partial charge in [0.25, 0.3) is 0 Å². The number of nitrogens with two attached hydrogens (primary N) is 1. The number of nitrogens with one attached hydrogen (secondary N) is 2. The van der Waals surface area contributed by atoms with Crippen molar-refractivity contribution in [2.24, 2.45) is 0 Å². The number of carbonyl (C=O) groups is 2. The Balaban J connectivity index is 1.90. The normalized spacial score (nSPS) is 10.3. The smallest absolute Gasteiger partial charge is 0.321 e. The number of amides is 3. The number of nitrogens with zero attached hydrogens (tertiary/aromatic N) is 3. The van der Waals surface area contributed by atoms with E-state index in [1.807, 2.05) is 0 Å². The van der Waals surface area contributed by atoms with Crippen molar-refractivity contribution in [3.63, 3.8) is 0 Å². The lowest BCUT2D eigenvalue weighted by molar-refractivity contribution is -0.117. The van der Waals surface area contributed by atoms with E-state index in [0.29, 0.717) is 11.4 Å². The van der Waals surface area contributed by atoms with Gasteiger partial charge in [-0.3, -0.25) is 10.1 Å². The number of nitrogen functional groups attached to an aromatic ring is 1. The van der Waals surface area contributed by atoms with Crippen LogP contribution in [0.3, 0.4) is 0 Å². The maximum Gasteiger partial charge on any atom is 0.321 e. The standard InChI is InChI=1S/C15H17FN6O2S/c1-2-7-18-14(24)19-13(23)9-25-15-21-20-12(22(15)17)8-10-5-3-4-6-11(10)16/h2-6H,1,7-9,17H2,(H2,18,19,23,24). The first-order valence-electron chi connectivity index (χ1n) is 7.25. The Kier molecular flexibility index (Phi) is 6.52. The van der Waals surface area contributed by atoms with E-state index >= 15 is 0 Å². The fraction of sp³-hybridized carbons (Fsp3) is 0.200. The van der Waals surface area contributed by atoms with Crippen LogP contribution < -0.4 is 16.5 Å². The molecule has 10 heteroatoms. The summed E-state index contributed by atoms with van der Waals surface area (Å²) in [4.78, 5) is 23.0. The van der Waals surface area contributed by atoms with E-state index in [2.05, 4.69) is 27.4 Å². The Morgan fingerprint density at radius 2 is 2.12 bits per heavy atom. The maximum atomic E-state index is 13.7. The number of thioether (sulfide) groups is 1. The molecule has 0 aliphatic heterocycles. The van der Waals surface area contributed by atoms with Gasteiger partial charge in [-0.2, -0.15) is 0 Å². The predicted octanol–water partition coefficient (Wildman–Crippen LogP) is 0.826. The van der Waals surface area contributed by atoms with E-state index in [-0.39, 0.29) is 29.7 Å². The zero-order valence-corrected chi connectivity index (χ0v) is 14.1. The average Bonchev–Trinajstić information content (AvgIpc) is 2.93. The first-order chi connectivity index (χ1) is 12.0. The van der Waals surface area contributed by atoms with Crippen LogP contribution in [-0.2, 0) is 11.2 Å². The van der Waals surface area contributed by atoms with Crippen LogP contribution in [0.4, 0.5) is 9.18 Å². The molecule has 0 atom stereocenters. The second-order valence-corrected chi connectivity index (χ2v) is 5.82. The molecule has 8 nitrogen and oxygen atoms in total. The SMILES string of the molecule is C=CCNC(=O)NC(=O)CSc1nnc(Cc2ccccc2F)n1N. The molecule has 0 saturated carbocycles. The summed E-state index contributed by atoms with van der Waals surface area (Å²) in [5, 5.41) is 12.6. The van der Waals surface area contributed by atoms with Crippen LogP contribution in [0.25, 0.3) is 0 Å². The highest BCUT2D eigenvalue weighted by Gasteiger charge is 2.15. The highest BCUT2D eigenvalue weighted by atomic mass is 32.2. The Morgan fingerprint density at radius 3 is 2.84 bits per heavy atom. The van der Waals surface area contributed by atoms with Crippen molar-refractivity contribution >= 4 is 23.7 Å². The number of imide groups is 1. The van der Waals surface area contributed by atoms with Gasteiger partial charge in [-0.15, -0.1) is 16.8 Å². The van der Waals surface area contributed by atoms with Gasteiger partial charge in [0.05, 0.1) is 5.75 Å². The summed E-state index contributed by atoms with van der Waals surface area (Å²) >= 11 is 1.01. The average molecular weight is 364 g/mol. The quantitative estimate of drug-likeness (QED) is 0.381. The number of hydrogen-bond donors (Lipinski definition) is 3. The van der Waals surface area contributed by atoms with E-state index in [0.717, 1.165) is 11.8 Å². The molecule has 3 amide bonds. The number of halogens is 1. The Morgan fingerprint density at radius 1 is 1.36 bits per heavy atom. The number of urea groups is 1. The second kappa shape index (κ2) is 8.83. The Bertz CT molecular complexity index is 779. The third kappa shape index (κ3) is 5.31. The molecule has 1 aromatic heterocycles. The van der Waals surface area contributed by atoms with Gasteiger partial charge < -0.3 is 11.2 Å². The topological polar surface area (TPSA) is 115 Å². The lowest BCUT2D eigenvalue weighted by Crippen LogP contribution is -2.40. The summed E-state index contributed by atoms with van der Waals surface area (Å²) in [6.07, 6.45) is 1.67. The van der Waals surface area contributed by atoms with Crippen LogP contribution in [-0.4, -0.2) is 39.1 Å². The fourth-order valence-electron chi connectivity index (χ4n) is 1.84. The minimum absolute atomic E-state index is 0.0729. The molecule has 2 aromatic rings. The molecule has 0 aliphatic carbocycles. The molecule has 1 aromatic carbocycles. The molecule has 0 radical (unpaired) electrons. The summed E-state index contributed by atoms with van der Waals surface area (Å²) in [5.74, 6) is 5.30. The molecule has 1 heterocycles. The molecule has 0 bridgehead atoms. The predicted molar refractivity (Wildman–Crippen MR) is 91.8 cm³/mol. The Hall–Kier alpha value is -2.88. The van der Waals surface area contributed by atoms with Crippen molar-refractivity contribution in [3.05, 3.63) is 54.1 Å². The van der Waals surface area contributed by atoms with Crippen molar-refractivity contribution in [3.8, 4) is 0 Å². The first kappa shape index (κ1) is 18.5. The summed E-state index contributed by atoms with van der Waals surface area (Å²) < 4.78 is 14.9. The van der Waals surface area contributed by atoms with Crippen LogP contribution in [0, 0.1) is 5.82 Å². The van der Waals surface area contributed by atoms with Gasteiger partial charge in [0.15, 0.2) is 5.82 Å². The van der Waals surface area contributed by atoms with Crippen LogP contribution in [0.2, 0.25) is 0 Å². The molecule has 0 fully saturated rings. The van der Waals surface area contributed by atoms with E-state index in [4.69, 9.17) is 5.84 Å². The Labute approximate surface area is 147 Å². The summed E-state index contributed by atoms with van der Waals surface area (Å²) in [5.41, 5.74) is 0.440. The van der Waals surface area contributed by atoms with Crippen molar-refractivity contribution in [1.29, 1.82) is 0 Å². The first-order valence-corrected chi connectivity index (χ1v) is 8.24.